The van der Waals surface area contributed by atoms with Crippen LogP contribution in [0.3, 0.4) is 0 Å². The van der Waals surface area contributed by atoms with Crippen LogP contribution in [0.1, 0.15) is 56.4 Å². The van der Waals surface area contributed by atoms with Crippen molar-refractivity contribution < 1.29 is 22.7 Å². The predicted molar refractivity (Wildman–Crippen MR) is 125 cm³/mol. The summed E-state index contributed by atoms with van der Waals surface area (Å²) in [7, 11) is 1.59. The van der Waals surface area contributed by atoms with E-state index in [4.69, 9.17) is 4.98 Å². The zero-order chi connectivity index (χ0) is 24.7. The second kappa shape index (κ2) is 8.85. The molecule has 0 saturated heterocycles. The maximum absolute atomic E-state index is 12.5. The Morgan fingerprint density at radius 3 is 2.47 bits per heavy atom. The van der Waals surface area contributed by atoms with E-state index in [0.717, 1.165) is 30.3 Å². The average Bonchev–Trinajstić information content (AvgIpc) is 3.09. The molecule has 1 aromatic heterocycles. The second-order valence-electron chi connectivity index (χ2n) is 9.85. The molecule has 1 aliphatic rings. The van der Waals surface area contributed by atoms with E-state index in [1.165, 1.54) is 24.3 Å². The van der Waals surface area contributed by atoms with Crippen LogP contribution < -0.4 is 15.4 Å². The maximum atomic E-state index is 12.5. The number of alkyl halides is 3. The van der Waals surface area contributed by atoms with Gasteiger partial charge in [-0.15, -0.1) is 13.2 Å². The van der Waals surface area contributed by atoms with E-state index in [1.54, 1.807) is 13.1 Å². The molecule has 9 heteroatoms. The fourth-order valence-electron chi connectivity index (χ4n) is 5.20. The van der Waals surface area contributed by atoms with Gasteiger partial charge in [0.25, 0.3) is 5.91 Å². The molecule has 1 heterocycles. The van der Waals surface area contributed by atoms with Crippen LogP contribution in [0.5, 0.6) is 5.75 Å². The average molecular weight is 475 g/mol. The molecule has 34 heavy (non-hydrogen) atoms. The van der Waals surface area contributed by atoms with Gasteiger partial charge in [0.2, 0.25) is 5.95 Å². The molecule has 0 bridgehead atoms. The molecule has 3 aromatic rings. The molecule has 6 nitrogen and oxygen atoms in total. The van der Waals surface area contributed by atoms with Crippen LogP contribution in [0.15, 0.2) is 42.5 Å². The lowest BCUT2D eigenvalue weighted by Gasteiger charge is -2.40. The minimum absolute atomic E-state index is 0.144. The van der Waals surface area contributed by atoms with Crippen LogP contribution >= 0.6 is 0 Å². The van der Waals surface area contributed by atoms with E-state index < -0.39 is 6.36 Å². The highest BCUT2D eigenvalue weighted by molar-refractivity contribution is 5.97. The van der Waals surface area contributed by atoms with Crippen molar-refractivity contribution in [3.05, 3.63) is 48.0 Å². The van der Waals surface area contributed by atoms with E-state index in [1.807, 2.05) is 12.1 Å². The smallest absolute Gasteiger partial charge is 0.406 e. The van der Waals surface area contributed by atoms with Crippen LogP contribution in [0.2, 0.25) is 0 Å². The number of halogens is 3. The van der Waals surface area contributed by atoms with Gasteiger partial charge in [0, 0.05) is 24.3 Å². The van der Waals surface area contributed by atoms with Crippen molar-refractivity contribution in [1.29, 1.82) is 0 Å². The van der Waals surface area contributed by atoms with Crippen molar-refractivity contribution in [2.75, 3.05) is 12.4 Å². The molecule has 1 aliphatic carbocycles. The lowest BCUT2D eigenvalue weighted by atomic mass is 9.70. The fourth-order valence-corrected chi connectivity index (χ4v) is 5.20. The van der Waals surface area contributed by atoms with E-state index in [2.05, 4.69) is 40.7 Å². The van der Waals surface area contributed by atoms with Crippen LogP contribution in [-0.2, 0) is 0 Å². The van der Waals surface area contributed by atoms with E-state index in [0.29, 0.717) is 23.1 Å². The monoisotopic (exact) mass is 474 g/mol. The Bertz CT molecular complexity index is 1190. The molecule has 0 spiro atoms. The summed E-state index contributed by atoms with van der Waals surface area (Å²) in [6, 6.07) is 11.1. The number of carbonyl (C=O) groups is 1. The Morgan fingerprint density at radius 1 is 1.15 bits per heavy atom. The molecule has 1 saturated carbocycles. The highest BCUT2D eigenvalue weighted by Crippen LogP contribution is 2.46. The standard InChI is InChI=1S/C25H29F3N4O2/c1-15-11-18(14-24(2,3)13-15)32-21-12-16(22(33)29-4)5-10-20(21)31-23(32)30-17-6-8-19(9-7-17)34-25(26,27)28/h5-10,12,15,18H,11,13-14H2,1-4H3,(H,29,33)(H,30,31)/t15-,18?/m0/s1. The first-order chi connectivity index (χ1) is 15.9. The number of nitrogens with one attached hydrogen (secondary N) is 2. The van der Waals surface area contributed by atoms with Crippen molar-refractivity contribution in [2.45, 2.75) is 52.4 Å². The Morgan fingerprint density at radius 2 is 1.85 bits per heavy atom. The van der Waals surface area contributed by atoms with Crippen LogP contribution in [0, 0.1) is 11.3 Å². The fraction of sp³-hybridized carbons (Fsp3) is 0.440. The van der Waals surface area contributed by atoms with Crippen molar-refractivity contribution in [3.8, 4) is 5.75 Å². The number of aromatic nitrogens is 2. The van der Waals surface area contributed by atoms with Crippen molar-refractivity contribution in [3.63, 3.8) is 0 Å². The summed E-state index contributed by atoms with van der Waals surface area (Å²) < 4.78 is 43.6. The molecule has 2 aromatic carbocycles. The first-order valence-electron chi connectivity index (χ1n) is 11.3. The number of hydrogen-bond donors (Lipinski definition) is 2. The van der Waals surface area contributed by atoms with Crippen LogP contribution in [0.25, 0.3) is 11.0 Å². The summed E-state index contributed by atoms with van der Waals surface area (Å²) in [5.74, 6) is 0.634. The SMILES string of the molecule is CNC(=O)c1ccc2nc(Nc3ccc(OC(F)(F)F)cc3)n(C3C[C@H](C)CC(C)(C)C3)c2c1. The van der Waals surface area contributed by atoms with E-state index >= 15 is 0 Å². The number of imidazole rings is 1. The Kier molecular flexibility index (Phi) is 6.22. The largest absolute Gasteiger partial charge is 0.573 e. The minimum atomic E-state index is -4.74. The normalized spacial score (nSPS) is 20.2. The van der Waals surface area contributed by atoms with E-state index in [9.17, 15) is 18.0 Å². The van der Waals surface area contributed by atoms with Crippen molar-refractivity contribution >= 4 is 28.6 Å². The number of hydrogen-bond acceptors (Lipinski definition) is 4. The summed E-state index contributed by atoms with van der Waals surface area (Å²) in [4.78, 5) is 17.1. The molecule has 1 unspecified atom stereocenters. The summed E-state index contributed by atoms with van der Waals surface area (Å²) in [5, 5.41) is 5.93. The molecule has 1 amide bonds. The zero-order valence-electron chi connectivity index (χ0n) is 19.7. The lowest BCUT2D eigenvalue weighted by molar-refractivity contribution is -0.274. The Hall–Kier alpha value is -3.23. The number of nitrogens with zero attached hydrogens (tertiary/aromatic N) is 2. The molecule has 0 aliphatic heterocycles. The minimum Gasteiger partial charge on any atom is -0.406 e. The molecule has 2 atom stereocenters. The molecule has 182 valence electrons. The molecular formula is C25H29F3N4O2. The lowest BCUT2D eigenvalue weighted by Crippen LogP contribution is -2.29. The van der Waals surface area contributed by atoms with Gasteiger partial charge in [0.1, 0.15) is 5.75 Å². The zero-order valence-corrected chi connectivity index (χ0v) is 19.7. The van der Waals surface area contributed by atoms with Gasteiger partial charge in [-0.3, -0.25) is 4.79 Å². The topological polar surface area (TPSA) is 68.2 Å². The highest BCUT2D eigenvalue weighted by Gasteiger charge is 2.35. The van der Waals surface area contributed by atoms with Gasteiger partial charge in [-0.05, 0) is 73.1 Å². The molecule has 0 radical (unpaired) electrons. The first-order valence-corrected chi connectivity index (χ1v) is 11.3. The summed E-state index contributed by atoms with van der Waals surface area (Å²) in [6.07, 6.45) is -1.70. The summed E-state index contributed by atoms with van der Waals surface area (Å²) in [5.41, 5.74) is 2.85. The molecule has 4 rings (SSSR count). The second-order valence-corrected chi connectivity index (χ2v) is 9.85. The van der Waals surface area contributed by atoms with Crippen LogP contribution in [-0.4, -0.2) is 28.9 Å². The summed E-state index contributed by atoms with van der Waals surface area (Å²) >= 11 is 0. The van der Waals surface area contributed by atoms with Gasteiger partial charge in [0.15, 0.2) is 0 Å². The number of benzene rings is 2. The molecular weight excluding hydrogens is 445 g/mol. The van der Waals surface area contributed by atoms with Gasteiger partial charge < -0.3 is 19.9 Å². The highest BCUT2D eigenvalue weighted by atomic mass is 19.4. The first kappa shape index (κ1) is 23.9. The molecule has 2 N–H and O–H groups in total. The van der Waals surface area contributed by atoms with Crippen molar-refractivity contribution in [2.24, 2.45) is 11.3 Å². The Labute approximate surface area is 196 Å². The van der Waals surface area contributed by atoms with Gasteiger partial charge in [-0.25, -0.2) is 4.98 Å². The van der Waals surface area contributed by atoms with Gasteiger partial charge >= 0.3 is 6.36 Å². The number of ether oxygens (including phenoxy) is 1. The van der Waals surface area contributed by atoms with Gasteiger partial charge in [-0.1, -0.05) is 20.8 Å². The van der Waals surface area contributed by atoms with Gasteiger partial charge in [-0.2, -0.15) is 0 Å². The quantitative estimate of drug-likeness (QED) is 0.447. The van der Waals surface area contributed by atoms with E-state index in [-0.39, 0.29) is 23.1 Å². The Balaban J connectivity index is 1.75. The van der Waals surface area contributed by atoms with Gasteiger partial charge in [0.05, 0.1) is 11.0 Å². The summed E-state index contributed by atoms with van der Waals surface area (Å²) in [6.45, 7) is 6.77. The third-order valence-electron chi connectivity index (χ3n) is 6.25. The number of carbonyl (C=O) groups excluding carboxylic acids is 1. The third kappa shape index (κ3) is 5.29. The van der Waals surface area contributed by atoms with Crippen LogP contribution in [0.4, 0.5) is 24.8 Å². The number of anilines is 2. The number of amides is 1. The maximum Gasteiger partial charge on any atom is 0.573 e. The van der Waals surface area contributed by atoms with Crippen molar-refractivity contribution in [1.82, 2.24) is 14.9 Å². The number of fused-ring (bicyclic) bond motifs is 1. The third-order valence-corrected chi connectivity index (χ3v) is 6.25. The predicted octanol–water partition coefficient (Wildman–Crippen LogP) is 6.43. The molecule has 1 fully saturated rings. The number of rotatable bonds is 5.